The van der Waals surface area contributed by atoms with Gasteiger partial charge in [0.25, 0.3) is 0 Å². The molecule has 9 heteroatoms. The number of carbonyl (C=O) groups excluding carboxylic acids is 3. The van der Waals surface area contributed by atoms with E-state index in [0.717, 1.165) is 11.1 Å². The van der Waals surface area contributed by atoms with Crippen LogP contribution < -0.4 is 5.32 Å². The van der Waals surface area contributed by atoms with E-state index in [4.69, 9.17) is 0 Å². The van der Waals surface area contributed by atoms with Crippen LogP contribution in [0.1, 0.15) is 17.5 Å². The molecule has 2 fully saturated rings. The van der Waals surface area contributed by atoms with Crippen molar-refractivity contribution < 1.29 is 14.4 Å². The highest BCUT2D eigenvalue weighted by Crippen LogP contribution is 2.34. The summed E-state index contributed by atoms with van der Waals surface area (Å²) in [4.78, 5) is 48.3. The molecule has 3 aliphatic rings. The molecule has 3 heterocycles. The number of pyridine rings is 1. The predicted molar refractivity (Wildman–Crippen MR) is 143 cm³/mol. The Hall–Kier alpha value is -4.24. The maximum Gasteiger partial charge on any atom is 0.332 e. The van der Waals surface area contributed by atoms with Crippen molar-refractivity contribution >= 4 is 17.8 Å². The molecule has 9 nitrogen and oxygen atoms in total. The number of hydrogen-bond donors (Lipinski definition) is 1. The number of rotatable bonds is 8. The number of piperazine rings is 1. The van der Waals surface area contributed by atoms with Crippen LogP contribution in [-0.2, 0) is 22.7 Å². The second kappa shape index (κ2) is 11.4. The van der Waals surface area contributed by atoms with Gasteiger partial charge < -0.3 is 15.1 Å². The molecule has 38 heavy (non-hydrogen) atoms. The lowest BCUT2D eigenvalue weighted by atomic mass is 9.88. The Kier molecular flexibility index (Phi) is 7.65. The molecule has 2 aromatic rings. The van der Waals surface area contributed by atoms with Gasteiger partial charge in [0.1, 0.15) is 12.2 Å². The number of urea groups is 1. The van der Waals surface area contributed by atoms with Crippen molar-refractivity contribution in [2.75, 3.05) is 19.6 Å². The number of amides is 4. The van der Waals surface area contributed by atoms with Gasteiger partial charge in [-0.05, 0) is 29.7 Å². The molecule has 2 unspecified atom stereocenters. The number of nitrogens with zero attached hydrogens (tertiary/aromatic N) is 5. The maximum atomic E-state index is 13.8. The van der Waals surface area contributed by atoms with Crippen molar-refractivity contribution in [2.24, 2.45) is 5.92 Å². The van der Waals surface area contributed by atoms with Gasteiger partial charge in [0.2, 0.25) is 11.8 Å². The minimum atomic E-state index is -0.646. The van der Waals surface area contributed by atoms with E-state index in [1.165, 1.54) is 5.01 Å². The van der Waals surface area contributed by atoms with Crippen molar-refractivity contribution in [3.8, 4) is 0 Å². The first-order valence-corrected chi connectivity index (χ1v) is 12.9. The number of allylic oxidation sites excluding steroid dienone is 3. The Morgan fingerprint density at radius 1 is 1.11 bits per heavy atom. The molecule has 1 N–H and O–H groups in total. The predicted octanol–water partition coefficient (Wildman–Crippen LogP) is 2.71. The first kappa shape index (κ1) is 25.4. The van der Waals surface area contributed by atoms with Crippen molar-refractivity contribution in [1.29, 1.82) is 0 Å². The van der Waals surface area contributed by atoms with Crippen LogP contribution >= 0.6 is 0 Å². The van der Waals surface area contributed by atoms with Gasteiger partial charge in [-0.2, -0.15) is 5.01 Å². The average molecular weight is 513 g/mol. The molecule has 4 amide bonds. The van der Waals surface area contributed by atoms with E-state index in [9.17, 15) is 14.4 Å². The zero-order valence-corrected chi connectivity index (χ0v) is 21.2. The second-order valence-electron chi connectivity index (χ2n) is 9.63. The lowest BCUT2D eigenvalue weighted by Gasteiger charge is -2.48. The van der Waals surface area contributed by atoms with E-state index < -0.39 is 12.2 Å². The summed E-state index contributed by atoms with van der Waals surface area (Å²) in [5.74, 6) is -0.384. The zero-order valence-electron chi connectivity index (χ0n) is 21.2. The summed E-state index contributed by atoms with van der Waals surface area (Å²) in [5.41, 5.74) is 1.93. The van der Waals surface area contributed by atoms with E-state index in [2.05, 4.69) is 16.9 Å². The van der Waals surface area contributed by atoms with Gasteiger partial charge >= 0.3 is 6.03 Å². The Labute approximate surface area is 222 Å². The molecular weight excluding hydrogens is 480 g/mol. The number of fused-ring (bicyclic) bond motifs is 1. The normalized spacial score (nSPS) is 22.9. The summed E-state index contributed by atoms with van der Waals surface area (Å²) in [6, 6.07) is 12.5. The first-order chi connectivity index (χ1) is 18.6. The summed E-state index contributed by atoms with van der Waals surface area (Å²) in [6.07, 6.45) is 13.1. The summed E-state index contributed by atoms with van der Waals surface area (Å²) in [7, 11) is 0. The Bertz CT molecular complexity index is 1230. The monoisotopic (exact) mass is 512 g/mol. The molecule has 2 saturated heterocycles. The number of hydrazine groups is 1. The van der Waals surface area contributed by atoms with Crippen LogP contribution in [0.15, 0.2) is 91.8 Å². The van der Waals surface area contributed by atoms with Gasteiger partial charge in [0.15, 0.2) is 0 Å². The highest BCUT2D eigenvalue weighted by atomic mass is 16.2. The standard InChI is InChI=1S/C29H32N6O3/c1-2-17-33(29(38)31-18-22-9-5-3-6-10-22)34-21-26(36)35-25(34)20-32(19-23-13-15-30-16-14-23)28(37)27(35)24-11-7-4-8-12-24/h2-11,13-16,24-25,27H,1,12,17-21H2,(H,31,38)/t24?,25?,27-/m0/s1. The number of hydrogen-bond acceptors (Lipinski definition) is 5. The summed E-state index contributed by atoms with van der Waals surface area (Å²) >= 11 is 0. The van der Waals surface area contributed by atoms with E-state index in [1.807, 2.05) is 66.8 Å². The molecule has 2 aliphatic heterocycles. The van der Waals surface area contributed by atoms with E-state index in [-0.39, 0.29) is 43.4 Å². The maximum absolute atomic E-state index is 13.8. The average Bonchev–Trinajstić information content (AvgIpc) is 3.27. The summed E-state index contributed by atoms with van der Waals surface area (Å²) in [5, 5.41) is 6.28. The minimum Gasteiger partial charge on any atom is -0.333 e. The zero-order chi connectivity index (χ0) is 26.5. The van der Waals surface area contributed by atoms with E-state index in [0.29, 0.717) is 19.5 Å². The molecule has 0 saturated carbocycles. The van der Waals surface area contributed by atoms with Gasteiger partial charge in [-0.3, -0.25) is 19.6 Å². The largest absolute Gasteiger partial charge is 0.333 e. The van der Waals surface area contributed by atoms with Gasteiger partial charge in [0.05, 0.1) is 19.6 Å². The molecule has 3 atom stereocenters. The fourth-order valence-electron chi connectivity index (χ4n) is 5.36. The van der Waals surface area contributed by atoms with Crippen LogP contribution in [0.5, 0.6) is 0 Å². The third-order valence-corrected chi connectivity index (χ3v) is 7.17. The van der Waals surface area contributed by atoms with Crippen molar-refractivity contribution in [1.82, 2.24) is 30.1 Å². The van der Waals surface area contributed by atoms with Gasteiger partial charge in [-0.25, -0.2) is 4.79 Å². The lowest BCUT2D eigenvalue weighted by molar-refractivity contribution is -0.159. The number of carbonyl (C=O) groups is 3. The molecule has 5 rings (SSSR count). The molecule has 1 aliphatic carbocycles. The third kappa shape index (κ3) is 5.24. The second-order valence-corrected chi connectivity index (χ2v) is 9.63. The van der Waals surface area contributed by atoms with Gasteiger partial charge in [-0.1, -0.05) is 60.7 Å². The highest BCUT2D eigenvalue weighted by molar-refractivity contribution is 5.92. The topological polar surface area (TPSA) is 89.1 Å². The fraction of sp³-hybridized carbons (Fsp3) is 0.310. The summed E-state index contributed by atoms with van der Waals surface area (Å²) in [6.45, 7) is 5.12. The first-order valence-electron chi connectivity index (χ1n) is 12.9. The van der Waals surface area contributed by atoms with E-state index in [1.54, 1.807) is 33.3 Å². The van der Waals surface area contributed by atoms with Crippen LogP contribution in [-0.4, -0.2) is 74.5 Å². The van der Waals surface area contributed by atoms with Crippen LogP contribution in [0, 0.1) is 5.92 Å². The van der Waals surface area contributed by atoms with Crippen LogP contribution in [0.25, 0.3) is 0 Å². The molecular formula is C29H32N6O3. The number of benzene rings is 1. The summed E-state index contributed by atoms with van der Waals surface area (Å²) < 4.78 is 0. The molecule has 0 spiro atoms. The molecule has 0 radical (unpaired) electrons. The molecule has 1 aromatic heterocycles. The van der Waals surface area contributed by atoms with Crippen molar-refractivity contribution in [2.45, 2.75) is 31.7 Å². The van der Waals surface area contributed by atoms with Gasteiger partial charge in [0, 0.05) is 31.4 Å². The quantitative estimate of drug-likeness (QED) is 0.550. The number of nitrogens with one attached hydrogen (secondary N) is 1. The van der Waals surface area contributed by atoms with Crippen LogP contribution in [0.4, 0.5) is 4.79 Å². The molecule has 196 valence electrons. The van der Waals surface area contributed by atoms with Crippen LogP contribution in [0.2, 0.25) is 0 Å². The highest BCUT2D eigenvalue weighted by Gasteiger charge is 2.53. The Morgan fingerprint density at radius 2 is 1.89 bits per heavy atom. The third-order valence-electron chi connectivity index (χ3n) is 7.17. The van der Waals surface area contributed by atoms with Crippen LogP contribution in [0.3, 0.4) is 0 Å². The van der Waals surface area contributed by atoms with Crippen molar-refractivity contribution in [3.63, 3.8) is 0 Å². The molecule has 1 aromatic carbocycles. The van der Waals surface area contributed by atoms with Gasteiger partial charge in [-0.15, -0.1) is 6.58 Å². The lowest BCUT2D eigenvalue weighted by Crippen LogP contribution is -2.66. The Balaban J connectivity index is 1.42. The molecule has 0 bridgehead atoms. The number of aromatic nitrogens is 1. The smallest absolute Gasteiger partial charge is 0.332 e. The fourth-order valence-corrected chi connectivity index (χ4v) is 5.36. The Morgan fingerprint density at radius 3 is 2.61 bits per heavy atom. The van der Waals surface area contributed by atoms with E-state index >= 15 is 0 Å². The van der Waals surface area contributed by atoms with Crippen molar-refractivity contribution in [3.05, 3.63) is 103 Å². The minimum absolute atomic E-state index is 0.0103. The SMILES string of the molecule is C=CCN(C(=O)NCc1ccccc1)N1CC(=O)N2C1CN(Cc1ccncc1)C(=O)[C@@H]2C1C=CC=CC1.